The van der Waals surface area contributed by atoms with Gasteiger partial charge in [0.25, 0.3) is 5.91 Å². The van der Waals surface area contributed by atoms with Crippen molar-refractivity contribution in [2.24, 2.45) is 0 Å². The second-order valence-electron chi connectivity index (χ2n) is 3.53. The van der Waals surface area contributed by atoms with E-state index in [1.807, 2.05) is 0 Å². The summed E-state index contributed by atoms with van der Waals surface area (Å²) in [5.41, 5.74) is -1.46. The Hall–Kier alpha value is -1.47. The number of sulfonamides is 1. The van der Waals surface area contributed by atoms with Crippen molar-refractivity contribution in [3.63, 3.8) is 0 Å². The first-order valence-corrected chi connectivity index (χ1v) is 6.30. The molecule has 2 rings (SSSR count). The van der Waals surface area contributed by atoms with Gasteiger partial charge in [0.15, 0.2) is 11.5 Å². The van der Waals surface area contributed by atoms with Crippen LogP contribution >= 0.6 is 0 Å². The topological polar surface area (TPSA) is 80.8 Å². The number of ketones is 1. The molecule has 1 amide bonds. The Labute approximate surface area is 92.2 Å². The maximum absolute atomic E-state index is 11.5. The van der Waals surface area contributed by atoms with Crippen LogP contribution in [0.4, 0.5) is 0 Å². The van der Waals surface area contributed by atoms with Gasteiger partial charge in [0.05, 0.1) is 6.26 Å². The molecule has 16 heavy (non-hydrogen) atoms. The van der Waals surface area contributed by atoms with Crippen LogP contribution in [0.15, 0.2) is 24.3 Å². The Bertz CT molecular complexity index is 500. The lowest BCUT2D eigenvalue weighted by molar-refractivity contribution is -0.123. The van der Waals surface area contributed by atoms with Crippen LogP contribution in [0.25, 0.3) is 0 Å². The standard InChI is InChI=1S/C9H9NO5S/c1-16(13,14)10-8(12)6-15-9(10)4-2-7(11)3-5-9/h2-5H,6H2,1H3. The fourth-order valence-corrected chi connectivity index (χ4v) is 2.79. The second-order valence-corrected chi connectivity index (χ2v) is 5.36. The van der Waals surface area contributed by atoms with Gasteiger partial charge in [-0.2, -0.15) is 4.31 Å². The van der Waals surface area contributed by atoms with Crippen molar-refractivity contribution in [2.45, 2.75) is 5.72 Å². The first kappa shape index (κ1) is 11.0. The van der Waals surface area contributed by atoms with Gasteiger partial charge in [-0.25, -0.2) is 8.42 Å². The number of allylic oxidation sites excluding steroid dienone is 2. The van der Waals surface area contributed by atoms with E-state index >= 15 is 0 Å². The normalized spacial score (nSPS) is 23.4. The van der Waals surface area contributed by atoms with Gasteiger partial charge < -0.3 is 4.74 Å². The van der Waals surface area contributed by atoms with Crippen molar-refractivity contribution >= 4 is 21.7 Å². The van der Waals surface area contributed by atoms with E-state index in [4.69, 9.17) is 4.74 Å². The zero-order chi connectivity index (χ0) is 12.0. The molecule has 86 valence electrons. The lowest BCUT2D eigenvalue weighted by Gasteiger charge is -2.30. The molecule has 1 fully saturated rings. The first-order valence-electron chi connectivity index (χ1n) is 4.45. The van der Waals surface area contributed by atoms with Crippen molar-refractivity contribution in [1.82, 2.24) is 4.31 Å². The van der Waals surface area contributed by atoms with Crippen LogP contribution in [-0.2, 0) is 24.3 Å². The third-order valence-electron chi connectivity index (χ3n) is 2.28. The molecule has 6 nitrogen and oxygen atoms in total. The van der Waals surface area contributed by atoms with Gasteiger partial charge in [0.1, 0.15) is 6.61 Å². The molecule has 1 heterocycles. The first-order chi connectivity index (χ1) is 7.35. The van der Waals surface area contributed by atoms with Gasteiger partial charge in [0, 0.05) is 0 Å². The zero-order valence-corrected chi connectivity index (χ0v) is 9.23. The van der Waals surface area contributed by atoms with Gasteiger partial charge >= 0.3 is 0 Å². The molecule has 0 N–H and O–H groups in total. The predicted molar refractivity (Wildman–Crippen MR) is 53.7 cm³/mol. The highest BCUT2D eigenvalue weighted by molar-refractivity contribution is 7.89. The number of amides is 1. The summed E-state index contributed by atoms with van der Waals surface area (Å²) in [5.74, 6) is -0.923. The molecule has 0 saturated carbocycles. The van der Waals surface area contributed by atoms with Crippen LogP contribution < -0.4 is 0 Å². The van der Waals surface area contributed by atoms with Gasteiger partial charge in [-0.15, -0.1) is 0 Å². The maximum Gasteiger partial charge on any atom is 0.265 e. The smallest absolute Gasteiger partial charge is 0.265 e. The second kappa shape index (κ2) is 3.26. The van der Waals surface area contributed by atoms with E-state index in [0.29, 0.717) is 4.31 Å². The Morgan fingerprint density at radius 2 is 1.88 bits per heavy atom. The molecule has 0 radical (unpaired) electrons. The quantitative estimate of drug-likeness (QED) is 0.602. The number of rotatable bonds is 1. The molecule has 0 aromatic carbocycles. The molecule has 0 aromatic rings. The zero-order valence-electron chi connectivity index (χ0n) is 8.41. The summed E-state index contributed by atoms with van der Waals surface area (Å²) in [4.78, 5) is 22.4. The third-order valence-corrected chi connectivity index (χ3v) is 3.43. The number of hydrogen-bond donors (Lipinski definition) is 0. The van der Waals surface area contributed by atoms with E-state index in [1.165, 1.54) is 24.3 Å². The van der Waals surface area contributed by atoms with Gasteiger partial charge in [-0.3, -0.25) is 9.59 Å². The van der Waals surface area contributed by atoms with Crippen molar-refractivity contribution in [1.29, 1.82) is 0 Å². The molecule has 1 aliphatic heterocycles. The molecule has 0 unspecified atom stereocenters. The minimum Gasteiger partial charge on any atom is -0.337 e. The highest BCUT2D eigenvalue weighted by Crippen LogP contribution is 2.31. The Kier molecular flexibility index (Phi) is 2.25. The van der Waals surface area contributed by atoms with Gasteiger partial charge in [-0.1, -0.05) is 0 Å². The van der Waals surface area contributed by atoms with Crippen LogP contribution in [0.3, 0.4) is 0 Å². The lowest BCUT2D eigenvalue weighted by Crippen LogP contribution is -2.47. The summed E-state index contributed by atoms with van der Waals surface area (Å²) in [6, 6.07) is 0. The minimum absolute atomic E-state index is 0.276. The summed E-state index contributed by atoms with van der Waals surface area (Å²) in [6.45, 7) is -0.323. The van der Waals surface area contributed by atoms with Crippen LogP contribution in [0.5, 0.6) is 0 Å². The number of carbonyl (C=O) groups is 2. The van der Waals surface area contributed by atoms with Gasteiger partial charge in [-0.05, 0) is 24.3 Å². The molecule has 1 aliphatic carbocycles. The van der Waals surface area contributed by atoms with E-state index in [9.17, 15) is 18.0 Å². The average Bonchev–Trinajstić information content (AvgIpc) is 2.49. The van der Waals surface area contributed by atoms with Crippen LogP contribution in [-0.4, -0.2) is 43.0 Å². The van der Waals surface area contributed by atoms with E-state index in [-0.39, 0.29) is 12.4 Å². The maximum atomic E-state index is 11.5. The number of carbonyl (C=O) groups excluding carboxylic acids is 2. The number of ether oxygens (including phenoxy) is 1. The molecule has 1 spiro atoms. The molecule has 0 atom stereocenters. The highest BCUT2D eigenvalue weighted by Gasteiger charge is 2.49. The summed E-state index contributed by atoms with van der Waals surface area (Å²) in [7, 11) is -3.73. The summed E-state index contributed by atoms with van der Waals surface area (Å²) < 4.78 is 28.7. The van der Waals surface area contributed by atoms with Crippen LogP contribution in [0.1, 0.15) is 0 Å². The van der Waals surface area contributed by atoms with E-state index in [1.54, 1.807) is 0 Å². The minimum atomic E-state index is -3.73. The van der Waals surface area contributed by atoms with Crippen LogP contribution in [0, 0.1) is 0 Å². The Morgan fingerprint density at radius 3 is 2.38 bits per heavy atom. The van der Waals surface area contributed by atoms with Gasteiger partial charge in [0.2, 0.25) is 10.0 Å². The molecule has 0 aromatic heterocycles. The third kappa shape index (κ3) is 1.57. The molecular formula is C9H9NO5S. The van der Waals surface area contributed by atoms with Crippen molar-refractivity contribution in [3.05, 3.63) is 24.3 Å². The predicted octanol–water partition coefficient (Wildman–Crippen LogP) is -0.804. The fourth-order valence-electron chi connectivity index (χ4n) is 1.68. The summed E-state index contributed by atoms with van der Waals surface area (Å²) in [5, 5.41) is 0. The van der Waals surface area contributed by atoms with Crippen LogP contribution in [0.2, 0.25) is 0 Å². The number of hydrogen-bond acceptors (Lipinski definition) is 5. The average molecular weight is 243 g/mol. The summed E-state index contributed by atoms with van der Waals surface area (Å²) in [6.07, 6.45) is 5.80. The molecule has 1 saturated heterocycles. The Morgan fingerprint density at radius 1 is 1.31 bits per heavy atom. The van der Waals surface area contributed by atoms with E-state index in [2.05, 4.69) is 0 Å². The largest absolute Gasteiger partial charge is 0.337 e. The Balaban J connectivity index is 2.50. The lowest BCUT2D eigenvalue weighted by atomic mass is 10.1. The number of nitrogens with zero attached hydrogens (tertiary/aromatic N) is 1. The molecule has 7 heteroatoms. The molecule has 0 bridgehead atoms. The monoisotopic (exact) mass is 243 g/mol. The van der Waals surface area contributed by atoms with Crippen molar-refractivity contribution < 1.29 is 22.7 Å². The SMILES string of the molecule is CS(=O)(=O)N1C(=O)COC12C=CC(=O)C=C2. The highest BCUT2D eigenvalue weighted by atomic mass is 32.2. The van der Waals surface area contributed by atoms with E-state index < -0.39 is 21.7 Å². The molecule has 2 aliphatic rings. The fraction of sp³-hybridized carbons (Fsp3) is 0.333. The van der Waals surface area contributed by atoms with Crippen molar-refractivity contribution in [2.75, 3.05) is 12.9 Å². The van der Waals surface area contributed by atoms with Crippen molar-refractivity contribution in [3.8, 4) is 0 Å². The summed E-state index contributed by atoms with van der Waals surface area (Å²) >= 11 is 0. The van der Waals surface area contributed by atoms with E-state index in [0.717, 1.165) is 6.26 Å². The molecular weight excluding hydrogens is 234 g/mol.